The van der Waals surface area contributed by atoms with Crippen molar-refractivity contribution >= 4 is 17.0 Å². The van der Waals surface area contributed by atoms with Gasteiger partial charge in [0.25, 0.3) is 5.91 Å². The Morgan fingerprint density at radius 3 is 2.94 bits per heavy atom. The Morgan fingerprint density at radius 1 is 1.39 bits per heavy atom. The first-order valence-electron chi connectivity index (χ1n) is 9.91. The number of carbonyl (C=O) groups is 1. The number of hydrogen-bond donors (Lipinski definition) is 2. The van der Waals surface area contributed by atoms with Crippen molar-refractivity contribution in [2.45, 2.75) is 18.4 Å². The number of ether oxygens (including phenoxy) is 1. The van der Waals surface area contributed by atoms with Gasteiger partial charge in [-0.2, -0.15) is 15.5 Å². The number of fused-ring (bicyclic) bond motifs is 1. The van der Waals surface area contributed by atoms with E-state index < -0.39 is 23.2 Å². The van der Waals surface area contributed by atoms with E-state index in [9.17, 15) is 14.9 Å². The number of hydrogen-bond acceptors (Lipinski definition) is 8. The van der Waals surface area contributed by atoms with Crippen molar-refractivity contribution < 1.29 is 13.9 Å². The molecule has 0 spiro atoms. The summed E-state index contributed by atoms with van der Waals surface area (Å²) in [7, 11) is 1.63. The molecule has 10 nitrogen and oxygen atoms in total. The molecule has 0 radical (unpaired) electrons. The van der Waals surface area contributed by atoms with Crippen molar-refractivity contribution in [3.8, 4) is 17.3 Å². The van der Waals surface area contributed by atoms with Crippen molar-refractivity contribution in [2.24, 2.45) is 18.7 Å². The van der Waals surface area contributed by atoms with E-state index in [0.29, 0.717) is 35.6 Å². The second kappa shape index (κ2) is 8.29. The van der Waals surface area contributed by atoms with E-state index in [4.69, 9.17) is 14.9 Å². The summed E-state index contributed by atoms with van der Waals surface area (Å²) in [5, 5.41) is 21.4. The van der Waals surface area contributed by atoms with Crippen LogP contribution in [0.3, 0.4) is 0 Å². The van der Waals surface area contributed by atoms with Crippen LogP contribution in [0.5, 0.6) is 0 Å². The maximum Gasteiger partial charge on any atom is 0.419 e. The summed E-state index contributed by atoms with van der Waals surface area (Å²) in [6, 6.07) is 11.0. The fraction of sp³-hybridized carbons (Fsp3) is 0.381. The van der Waals surface area contributed by atoms with E-state index in [-0.39, 0.29) is 13.0 Å². The van der Waals surface area contributed by atoms with E-state index >= 15 is 0 Å². The lowest BCUT2D eigenvalue weighted by molar-refractivity contribution is -0.147. The lowest BCUT2D eigenvalue weighted by atomic mass is 9.83. The third-order valence-electron chi connectivity index (χ3n) is 5.60. The van der Waals surface area contributed by atoms with Gasteiger partial charge in [-0.05, 0) is 43.3 Å². The molecule has 0 bridgehead atoms. The molecule has 1 aliphatic rings. The Bertz CT molecular complexity index is 1200. The Labute approximate surface area is 177 Å². The molecule has 0 saturated carbocycles. The minimum atomic E-state index is -1.41. The fourth-order valence-corrected chi connectivity index (χ4v) is 3.76. The Balaban J connectivity index is 1.59. The van der Waals surface area contributed by atoms with Gasteiger partial charge in [0, 0.05) is 32.2 Å². The molecular formula is C21H22N6O4. The summed E-state index contributed by atoms with van der Waals surface area (Å²) >= 11 is 0. The molecule has 3 heterocycles. The van der Waals surface area contributed by atoms with Crippen LogP contribution in [0.15, 0.2) is 39.5 Å². The number of aromatic nitrogens is 3. The zero-order chi connectivity index (χ0) is 22.0. The molecule has 1 amide bonds. The quantitative estimate of drug-likeness (QED) is 0.604. The maximum absolute atomic E-state index is 12.2. The van der Waals surface area contributed by atoms with Gasteiger partial charge >= 0.3 is 5.76 Å². The highest BCUT2D eigenvalue weighted by Crippen LogP contribution is 2.27. The molecule has 1 aromatic carbocycles. The average Bonchev–Trinajstić information content (AvgIpc) is 2.95. The molecule has 1 saturated heterocycles. The number of nitrogens with one attached hydrogen (secondary N) is 1. The fourth-order valence-electron chi connectivity index (χ4n) is 3.76. The summed E-state index contributed by atoms with van der Waals surface area (Å²) in [4.78, 5) is 23.9. The highest BCUT2D eigenvalue weighted by atomic mass is 16.5. The maximum atomic E-state index is 12.2. The van der Waals surface area contributed by atoms with Crippen LogP contribution in [-0.4, -0.2) is 46.0 Å². The SMILES string of the molecule is Cn1c(=O)oc2ccc(-c3ccc(C[C@H](C#N)C4(C(N)=O)CNCCCO4)nn3)cc21. The van der Waals surface area contributed by atoms with Crippen molar-refractivity contribution in [1.29, 1.82) is 5.26 Å². The topological polar surface area (TPSA) is 149 Å². The largest absolute Gasteiger partial charge is 0.419 e. The van der Waals surface area contributed by atoms with Crippen LogP contribution in [0.4, 0.5) is 0 Å². The zero-order valence-electron chi connectivity index (χ0n) is 17.0. The highest BCUT2D eigenvalue weighted by Gasteiger charge is 2.46. The molecule has 160 valence electrons. The monoisotopic (exact) mass is 422 g/mol. The van der Waals surface area contributed by atoms with Crippen molar-refractivity contribution in [2.75, 3.05) is 19.7 Å². The number of rotatable bonds is 5. The lowest BCUT2D eigenvalue weighted by Gasteiger charge is -2.33. The number of aryl methyl sites for hydroxylation is 1. The zero-order valence-corrected chi connectivity index (χ0v) is 17.0. The van der Waals surface area contributed by atoms with E-state index in [1.807, 2.05) is 0 Å². The van der Waals surface area contributed by atoms with Crippen LogP contribution in [0.25, 0.3) is 22.4 Å². The number of carbonyl (C=O) groups excluding carboxylic acids is 1. The minimum Gasteiger partial charge on any atom is -0.408 e. The van der Waals surface area contributed by atoms with E-state index in [2.05, 4.69) is 21.6 Å². The van der Waals surface area contributed by atoms with Gasteiger partial charge in [-0.3, -0.25) is 9.36 Å². The molecule has 3 aromatic rings. The van der Waals surface area contributed by atoms with Crippen LogP contribution in [0.1, 0.15) is 12.1 Å². The summed E-state index contributed by atoms with van der Waals surface area (Å²) in [6.45, 7) is 1.21. The molecule has 3 N–H and O–H groups in total. The summed E-state index contributed by atoms with van der Waals surface area (Å²) < 4.78 is 12.3. The van der Waals surface area contributed by atoms with Gasteiger partial charge in [-0.25, -0.2) is 4.79 Å². The first-order valence-corrected chi connectivity index (χ1v) is 9.91. The van der Waals surface area contributed by atoms with Crippen LogP contribution < -0.4 is 16.8 Å². The van der Waals surface area contributed by atoms with Gasteiger partial charge in [0.2, 0.25) is 0 Å². The Hall–Kier alpha value is -3.55. The average molecular weight is 422 g/mol. The summed E-state index contributed by atoms with van der Waals surface area (Å²) in [5.41, 5.74) is 7.28. The van der Waals surface area contributed by atoms with Gasteiger partial charge in [-0.15, -0.1) is 0 Å². The van der Waals surface area contributed by atoms with Crippen LogP contribution in [-0.2, 0) is 23.0 Å². The molecule has 10 heteroatoms. The van der Waals surface area contributed by atoms with E-state index in [1.165, 1.54) is 4.57 Å². The normalized spacial score (nSPS) is 20.1. The highest BCUT2D eigenvalue weighted by molar-refractivity contribution is 5.85. The number of nitrogens with zero attached hydrogens (tertiary/aromatic N) is 4. The minimum absolute atomic E-state index is 0.170. The molecule has 2 aromatic heterocycles. The summed E-state index contributed by atoms with van der Waals surface area (Å²) in [5.74, 6) is -1.92. The van der Waals surface area contributed by atoms with E-state index in [0.717, 1.165) is 12.0 Å². The molecule has 4 rings (SSSR count). The summed E-state index contributed by atoms with van der Waals surface area (Å²) in [6.07, 6.45) is 0.901. The van der Waals surface area contributed by atoms with E-state index in [1.54, 1.807) is 37.4 Å². The smallest absolute Gasteiger partial charge is 0.408 e. The number of nitriles is 1. The first-order chi connectivity index (χ1) is 14.9. The molecular weight excluding hydrogens is 400 g/mol. The van der Waals surface area contributed by atoms with Crippen LogP contribution >= 0.6 is 0 Å². The number of amides is 1. The van der Waals surface area contributed by atoms with Crippen molar-refractivity contribution in [1.82, 2.24) is 20.1 Å². The first kappa shape index (κ1) is 20.7. The van der Waals surface area contributed by atoms with Crippen molar-refractivity contribution in [3.63, 3.8) is 0 Å². The lowest BCUT2D eigenvalue weighted by Crippen LogP contribution is -2.57. The molecule has 1 fully saturated rings. The second-order valence-corrected chi connectivity index (χ2v) is 7.54. The van der Waals surface area contributed by atoms with Crippen LogP contribution in [0, 0.1) is 17.2 Å². The van der Waals surface area contributed by atoms with Gasteiger partial charge < -0.3 is 20.2 Å². The van der Waals surface area contributed by atoms with Gasteiger partial charge in [0.1, 0.15) is 0 Å². The number of oxazole rings is 1. The molecule has 0 aliphatic carbocycles. The third kappa shape index (κ3) is 3.81. The Morgan fingerprint density at radius 2 is 2.23 bits per heavy atom. The van der Waals surface area contributed by atoms with Crippen molar-refractivity contribution in [3.05, 3.63) is 46.6 Å². The van der Waals surface area contributed by atoms with Crippen LogP contribution in [0.2, 0.25) is 0 Å². The number of primary amides is 1. The molecule has 2 atom stereocenters. The standard InChI is InChI=1S/C21H22N6O4/c1-27-17-9-13(3-6-18(17)31-20(27)29)16-5-4-15(25-26-16)10-14(11-22)21(19(23)28)12-24-7-2-8-30-21/h3-6,9,14,24H,2,7-8,10,12H2,1H3,(H2,23,28)/t14-,21?/m1/s1. The van der Waals surface area contributed by atoms with Gasteiger partial charge in [0.05, 0.1) is 28.9 Å². The third-order valence-corrected chi connectivity index (χ3v) is 5.60. The molecule has 31 heavy (non-hydrogen) atoms. The predicted octanol–water partition coefficient (Wildman–Crippen LogP) is 0.505. The molecule has 1 unspecified atom stereocenters. The Kier molecular flexibility index (Phi) is 5.54. The predicted molar refractivity (Wildman–Crippen MR) is 111 cm³/mol. The second-order valence-electron chi connectivity index (χ2n) is 7.54. The number of benzene rings is 1. The molecule has 1 aliphatic heterocycles. The van der Waals surface area contributed by atoms with Gasteiger partial charge in [0.15, 0.2) is 11.2 Å². The van der Waals surface area contributed by atoms with Gasteiger partial charge in [-0.1, -0.05) is 0 Å². The number of nitrogens with two attached hydrogens (primary N) is 1.